The average Bonchev–Trinajstić information content (AvgIpc) is 2.84. The van der Waals surface area contributed by atoms with Crippen LogP contribution in [0.25, 0.3) is 0 Å². The Morgan fingerprint density at radius 1 is 1.15 bits per heavy atom. The van der Waals surface area contributed by atoms with E-state index in [1.54, 1.807) is 0 Å². The van der Waals surface area contributed by atoms with Crippen LogP contribution in [0.4, 0.5) is 0 Å². The number of nitrogens with one attached hydrogen (secondary N) is 1. The molecule has 2 N–H and O–H groups in total. The second-order valence-corrected chi connectivity index (χ2v) is 7.49. The van der Waals surface area contributed by atoms with E-state index < -0.39 is 5.97 Å². The third-order valence-electron chi connectivity index (χ3n) is 5.96. The molecule has 4 bridgehead atoms. The lowest BCUT2D eigenvalue weighted by Gasteiger charge is -2.56. The number of carbonyl (C=O) groups is 1. The average molecular weight is 273 g/mol. The minimum atomic E-state index is -0.712. The summed E-state index contributed by atoms with van der Waals surface area (Å²) in [6.45, 7) is 0. The van der Waals surface area contributed by atoms with E-state index in [0.717, 1.165) is 23.4 Å². The van der Waals surface area contributed by atoms with Gasteiger partial charge < -0.3 is 10.1 Å². The number of aliphatic carboxylic acids is 1. The summed E-state index contributed by atoms with van der Waals surface area (Å²) in [5.41, 5.74) is 2.89. The van der Waals surface area contributed by atoms with E-state index >= 15 is 0 Å². The number of aryl methyl sites for hydroxylation is 1. The van der Waals surface area contributed by atoms with Gasteiger partial charge >= 0.3 is 5.97 Å². The lowest BCUT2D eigenvalue weighted by molar-refractivity contribution is -0.136. The van der Waals surface area contributed by atoms with E-state index in [-0.39, 0.29) is 6.42 Å². The molecule has 0 amide bonds. The van der Waals surface area contributed by atoms with Crippen molar-refractivity contribution in [1.29, 1.82) is 0 Å². The van der Waals surface area contributed by atoms with Gasteiger partial charge in [-0.25, -0.2) is 0 Å². The molecule has 1 aromatic heterocycles. The predicted octanol–water partition coefficient (Wildman–Crippen LogP) is 3.50. The van der Waals surface area contributed by atoms with Crippen LogP contribution in [0.1, 0.15) is 56.3 Å². The second-order valence-electron chi connectivity index (χ2n) is 7.49. The molecule has 0 spiro atoms. The van der Waals surface area contributed by atoms with E-state index in [0.29, 0.717) is 11.8 Å². The molecule has 1 heterocycles. The van der Waals surface area contributed by atoms with Gasteiger partial charge in [0.1, 0.15) is 0 Å². The van der Waals surface area contributed by atoms with E-state index in [1.165, 1.54) is 44.2 Å². The van der Waals surface area contributed by atoms with Crippen LogP contribution in [0.15, 0.2) is 12.1 Å². The molecule has 5 rings (SSSR count). The highest BCUT2D eigenvalue weighted by Crippen LogP contribution is 2.60. The fourth-order valence-corrected chi connectivity index (χ4v) is 5.58. The van der Waals surface area contributed by atoms with Gasteiger partial charge in [0.25, 0.3) is 0 Å². The van der Waals surface area contributed by atoms with Gasteiger partial charge in [-0.15, -0.1) is 0 Å². The molecule has 0 saturated heterocycles. The fourth-order valence-electron chi connectivity index (χ4n) is 5.58. The van der Waals surface area contributed by atoms with Crippen molar-refractivity contribution in [2.45, 2.75) is 56.8 Å². The first kappa shape index (κ1) is 12.5. The number of hydrogen-bond donors (Lipinski definition) is 2. The lowest BCUT2D eigenvalue weighted by atomic mass is 9.49. The summed E-state index contributed by atoms with van der Waals surface area (Å²) >= 11 is 0. The van der Waals surface area contributed by atoms with E-state index in [2.05, 4.69) is 17.1 Å². The Balaban J connectivity index is 1.56. The van der Waals surface area contributed by atoms with Crippen molar-refractivity contribution in [1.82, 2.24) is 4.98 Å². The molecule has 3 nitrogen and oxygen atoms in total. The Bertz CT molecular complexity index is 496. The summed E-state index contributed by atoms with van der Waals surface area (Å²) < 4.78 is 0. The third kappa shape index (κ3) is 1.99. The van der Waals surface area contributed by atoms with Gasteiger partial charge in [0.2, 0.25) is 0 Å². The molecule has 0 aromatic carbocycles. The molecule has 4 fully saturated rings. The van der Waals surface area contributed by atoms with E-state index in [4.69, 9.17) is 5.11 Å². The number of carboxylic acid groups (broad SMARTS) is 1. The smallest absolute Gasteiger partial charge is 0.303 e. The molecule has 1 aromatic rings. The third-order valence-corrected chi connectivity index (χ3v) is 5.96. The number of hydrogen-bond acceptors (Lipinski definition) is 1. The lowest BCUT2D eigenvalue weighted by Crippen LogP contribution is -2.48. The Hall–Kier alpha value is -1.25. The Morgan fingerprint density at radius 3 is 2.30 bits per heavy atom. The SMILES string of the molecule is O=C(O)CCc1ccc(C23CC4CC(CC(C4)C2)C3)[nH]1. The first-order valence-corrected chi connectivity index (χ1v) is 8.03. The van der Waals surface area contributed by atoms with Crippen molar-refractivity contribution >= 4 is 5.97 Å². The fraction of sp³-hybridized carbons (Fsp3) is 0.706. The normalized spacial score (nSPS) is 38.3. The number of H-pyrrole nitrogens is 1. The summed E-state index contributed by atoms with van der Waals surface area (Å²) in [5, 5.41) is 8.80. The number of aromatic nitrogens is 1. The first-order valence-electron chi connectivity index (χ1n) is 8.03. The minimum Gasteiger partial charge on any atom is -0.481 e. The van der Waals surface area contributed by atoms with Gasteiger partial charge in [-0.2, -0.15) is 0 Å². The minimum absolute atomic E-state index is 0.223. The number of aromatic amines is 1. The summed E-state index contributed by atoms with van der Waals surface area (Å²) in [6.07, 6.45) is 9.32. The molecule has 4 aliphatic rings. The zero-order valence-corrected chi connectivity index (χ0v) is 11.9. The number of rotatable bonds is 4. The largest absolute Gasteiger partial charge is 0.481 e. The summed E-state index contributed by atoms with van der Waals surface area (Å²) in [6, 6.07) is 4.35. The molecule has 108 valence electrons. The Morgan fingerprint density at radius 2 is 1.75 bits per heavy atom. The first-order chi connectivity index (χ1) is 9.63. The van der Waals surface area contributed by atoms with E-state index in [1.807, 2.05) is 0 Å². The molecule has 4 saturated carbocycles. The van der Waals surface area contributed by atoms with Crippen LogP contribution in [0.3, 0.4) is 0 Å². The molecular formula is C17H23NO2. The predicted molar refractivity (Wildman–Crippen MR) is 76.6 cm³/mol. The highest BCUT2D eigenvalue weighted by molar-refractivity contribution is 5.66. The highest BCUT2D eigenvalue weighted by atomic mass is 16.4. The van der Waals surface area contributed by atoms with Gasteiger partial charge in [-0.3, -0.25) is 4.79 Å². The van der Waals surface area contributed by atoms with Gasteiger partial charge in [0.05, 0.1) is 6.42 Å². The van der Waals surface area contributed by atoms with Crippen molar-refractivity contribution in [3.63, 3.8) is 0 Å². The maximum atomic E-state index is 10.7. The Labute approximate surface area is 119 Å². The quantitative estimate of drug-likeness (QED) is 0.882. The molecule has 0 radical (unpaired) electrons. The standard InChI is InChI=1S/C17H23NO2/c19-16(20)4-2-14-1-3-15(18-14)17-8-11-5-12(9-17)7-13(6-11)10-17/h1,3,11-13,18H,2,4-10H2,(H,19,20). The summed E-state index contributed by atoms with van der Waals surface area (Å²) in [7, 11) is 0. The van der Waals surface area contributed by atoms with Crippen molar-refractivity contribution < 1.29 is 9.90 Å². The van der Waals surface area contributed by atoms with Crippen molar-refractivity contribution in [3.05, 3.63) is 23.5 Å². The van der Waals surface area contributed by atoms with Crippen LogP contribution >= 0.6 is 0 Å². The maximum absolute atomic E-state index is 10.7. The maximum Gasteiger partial charge on any atom is 0.303 e. The van der Waals surface area contributed by atoms with Crippen molar-refractivity contribution in [2.24, 2.45) is 17.8 Å². The molecule has 4 aliphatic carbocycles. The van der Waals surface area contributed by atoms with Gasteiger partial charge in [0.15, 0.2) is 0 Å². The number of carboxylic acids is 1. The molecule has 0 aliphatic heterocycles. The highest BCUT2D eigenvalue weighted by Gasteiger charge is 2.52. The van der Waals surface area contributed by atoms with Gasteiger partial charge in [0, 0.05) is 16.8 Å². The molecule has 20 heavy (non-hydrogen) atoms. The second kappa shape index (κ2) is 4.37. The summed E-state index contributed by atoms with van der Waals surface area (Å²) in [5.74, 6) is 2.14. The van der Waals surface area contributed by atoms with Crippen molar-refractivity contribution in [2.75, 3.05) is 0 Å². The molecule has 3 heteroatoms. The van der Waals surface area contributed by atoms with Gasteiger partial charge in [-0.1, -0.05) is 0 Å². The molecular weight excluding hydrogens is 250 g/mol. The van der Waals surface area contributed by atoms with E-state index in [9.17, 15) is 4.79 Å². The van der Waals surface area contributed by atoms with Crippen LogP contribution in [0, 0.1) is 17.8 Å². The van der Waals surface area contributed by atoms with Crippen LogP contribution in [-0.4, -0.2) is 16.1 Å². The monoisotopic (exact) mass is 273 g/mol. The van der Waals surface area contributed by atoms with Crippen LogP contribution in [-0.2, 0) is 16.6 Å². The van der Waals surface area contributed by atoms with Crippen molar-refractivity contribution in [3.8, 4) is 0 Å². The zero-order chi connectivity index (χ0) is 13.7. The zero-order valence-electron chi connectivity index (χ0n) is 11.9. The Kier molecular flexibility index (Phi) is 2.73. The van der Waals surface area contributed by atoms with Crippen LogP contribution in [0.5, 0.6) is 0 Å². The van der Waals surface area contributed by atoms with Crippen LogP contribution < -0.4 is 0 Å². The van der Waals surface area contributed by atoms with Crippen LogP contribution in [0.2, 0.25) is 0 Å². The molecule has 0 unspecified atom stereocenters. The topological polar surface area (TPSA) is 53.1 Å². The molecule has 0 atom stereocenters. The summed E-state index contributed by atoms with van der Waals surface area (Å²) in [4.78, 5) is 14.2. The van der Waals surface area contributed by atoms with Gasteiger partial charge in [-0.05, 0) is 74.8 Å².